The van der Waals surface area contributed by atoms with Crippen molar-refractivity contribution in [2.45, 2.75) is 0 Å². The average Bonchev–Trinajstić information content (AvgIpc) is 2.19. The number of likely N-dealkylation sites (N-methyl/N-ethyl adjacent to an activating group) is 1. The number of pyridine rings is 1. The Morgan fingerprint density at radius 2 is 2.38 bits per heavy atom. The first-order valence-corrected chi connectivity index (χ1v) is 4.11. The molecule has 0 unspecified atom stereocenters. The Labute approximate surface area is 77.6 Å². The van der Waals surface area contributed by atoms with Crippen molar-refractivity contribution in [2.75, 3.05) is 25.5 Å². The maximum atomic E-state index is 8.74. The van der Waals surface area contributed by atoms with Gasteiger partial charge in [-0.2, -0.15) is 5.26 Å². The van der Waals surface area contributed by atoms with Crippen LogP contribution < -0.4 is 10.6 Å². The Kier molecular flexibility index (Phi) is 3.74. The van der Waals surface area contributed by atoms with E-state index in [-0.39, 0.29) is 0 Å². The number of nitrogens with one attached hydrogen (secondary N) is 2. The lowest BCUT2D eigenvalue weighted by molar-refractivity contribution is 0.823. The van der Waals surface area contributed by atoms with Gasteiger partial charge in [0.05, 0.1) is 17.4 Å². The zero-order valence-electron chi connectivity index (χ0n) is 7.54. The van der Waals surface area contributed by atoms with Gasteiger partial charge in [0.25, 0.3) is 0 Å². The number of aromatic nitrogens is 1. The molecule has 0 bridgehead atoms. The molecule has 1 aromatic heterocycles. The maximum Gasteiger partial charge on any atom is 0.101 e. The van der Waals surface area contributed by atoms with E-state index in [1.165, 1.54) is 0 Å². The molecule has 0 aromatic carbocycles. The van der Waals surface area contributed by atoms with E-state index in [2.05, 4.69) is 21.7 Å². The fraction of sp³-hybridized carbons (Fsp3) is 0.333. The fourth-order valence-corrected chi connectivity index (χ4v) is 0.955. The van der Waals surface area contributed by atoms with Crippen LogP contribution in [-0.2, 0) is 0 Å². The van der Waals surface area contributed by atoms with Crippen molar-refractivity contribution in [1.29, 1.82) is 5.26 Å². The van der Waals surface area contributed by atoms with Crippen molar-refractivity contribution < 1.29 is 0 Å². The van der Waals surface area contributed by atoms with Crippen LogP contribution in [0.5, 0.6) is 0 Å². The van der Waals surface area contributed by atoms with E-state index >= 15 is 0 Å². The summed E-state index contributed by atoms with van der Waals surface area (Å²) < 4.78 is 0. The summed E-state index contributed by atoms with van der Waals surface area (Å²) >= 11 is 0. The van der Waals surface area contributed by atoms with Gasteiger partial charge in [-0.05, 0) is 13.1 Å². The van der Waals surface area contributed by atoms with Crippen LogP contribution in [0.2, 0.25) is 0 Å². The van der Waals surface area contributed by atoms with Gasteiger partial charge in [0.15, 0.2) is 0 Å². The predicted octanol–water partition coefficient (Wildman–Crippen LogP) is 0.585. The Bertz CT molecular complexity index is 303. The first-order valence-electron chi connectivity index (χ1n) is 4.11. The molecule has 0 fully saturated rings. The topological polar surface area (TPSA) is 60.7 Å². The van der Waals surface area contributed by atoms with Gasteiger partial charge in [-0.3, -0.25) is 4.98 Å². The lowest BCUT2D eigenvalue weighted by Gasteiger charge is -2.05. The second-order valence-corrected chi connectivity index (χ2v) is 2.56. The van der Waals surface area contributed by atoms with Crippen molar-refractivity contribution in [3.8, 4) is 6.07 Å². The van der Waals surface area contributed by atoms with Crippen LogP contribution in [0, 0.1) is 11.3 Å². The van der Waals surface area contributed by atoms with Crippen molar-refractivity contribution in [3.05, 3.63) is 24.0 Å². The van der Waals surface area contributed by atoms with Gasteiger partial charge < -0.3 is 10.6 Å². The van der Waals surface area contributed by atoms with Crippen LogP contribution in [0.15, 0.2) is 18.5 Å². The highest BCUT2D eigenvalue weighted by atomic mass is 14.9. The number of hydrogen-bond donors (Lipinski definition) is 2. The number of anilines is 1. The predicted molar refractivity (Wildman–Crippen MR) is 51.4 cm³/mol. The molecule has 0 aliphatic carbocycles. The highest BCUT2D eigenvalue weighted by Crippen LogP contribution is 2.10. The van der Waals surface area contributed by atoms with Gasteiger partial charge >= 0.3 is 0 Å². The summed E-state index contributed by atoms with van der Waals surface area (Å²) in [4.78, 5) is 3.94. The van der Waals surface area contributed by atoms with Crippen LogP contribution >= 0.6 is 0 Å². The molecule has 13 heavy (non-hydrogen) atoms. The first kappa shape index (κ1) is 9.49. The second-order valence-electron chi connectivity index (χ2n) is 2.56. The third-order valence-electron chi connectivity index (χ3n) is 1.63. The van der Waals surface area contributed by atoms with E-state index in [0.29, 0.717) is 5.56 Å². The minimum absolute atomic E-state index is 0.631. The molecule has 0 saturated carbocycles. The van der Waals surface area contributed by atoms with Crippen LogP contribution in [0.1, 0.15) is 5.56 Å². The highest BCUT2D eigenvalue weighted by molar-refractivity contribution is 5.55. The molecule has 0 spiro atoms. The molecule has 0 atom stereocenters. The molecule has 0 saturated heterocycles. The van der Waals surface area contributed by atoms with Crippen molar-refractivity contribution in [3.63, 3.8) is 0 Å². The summed E-state index contributed by atoms with van der Waals surface area (Å²) in [5, 5.41) is 14.9. The zero-order valence-corrected chi connectivity index (χ0v) is 7.54. The first-order chi connectivity index (χ1) is 6.38. The maximum absolute atomic E-state index is 8.74. The van der Waals surface area contributed by atoms with E-state index in [1.54, 1.807) is 18.5 Å². The number of nitriles is 1. The van der Waals surface area contributed by atoms with E-state index in [9.17, 15) is 0 Å². The monoisotopic (exact) mass is 176 g/mol. The third-order valence-corrected chi connectivity index (χ3v) is 1.63. The van der Waals surface area contributed by atoms with Crippen molar-refractivity contribution in [1.82, 2.24) is 10.3 Å². The van der Waals surface area contributed by atoms with Gasteiger partial charge in [0.2, 0.25) is 0 Å². The summed E-state index contributed by atoms with van der Waals surface area (Å²) in [5.74, 6) is 0. The van der Waals surface area contributed by atoms with E-state index in [0.717, 1.165) is 18.8 Å². The van der Waals surface area contributed by atoms with Gasteiger partial charge in [-0.15, -0.1) is 0 Å². The second kappa shape index (κ2) is 5.12. The van der Waals surface area contributed by atoms with Gasteiger partial charge in [0, 0.05) is 19.3 Å². The summed E-state index contributed by atoms with van der Waals surface area (Å²) in [6.07, 6.45) is 3.27. The molecule has 0 amide bonds. The molecule has 0 aliphatic rings. The lowest BCUT2D eigenvalue weighted by atomic mass is 10.2. The van der Waals surface area contributed by atoms with Gasteiger partial charge in [-0.1, -0.05) is 0 Å². The van der Waals surface area contributed by atoms with E-state index in [1.807, 2.05) is 7.05 Å². The normalized spacial score (nSPS) is 9.23. The molecule has 1 aromatic rings. The molecule has 1 rings (SSSR count). The molecule has 4 nitrogen and oxygen atoms in total. The fourth-order valence-electron chi connectivity index (χ4n) is 0.955. The van der Waals surface area contributed by atoms with E-state index < -0.39 is 0 Å². The molecule has 68 valence electrons. The minimum Gasteiger partial charge on any atom is -0.381 e. The van der Waals surface area contributed by atoms with Gasteiger partial charge in [0.1, 0.15) is 6.07 Å². The van der Waals surface area contributed by atoms with Gasteiger partial charge in [-0.25, -0.2) is 0 Å². The molecular formula is C9H12N4. The van der Waals surface area contributed by atoms with Crippen molar-refractivity contribution in [2.24, 2.45) is 0 Å². The van der Waals surface area contributed by atoms with Crippen LogP contribution in [0.25, 0.3) is 0 Å². The molecule has 1 heterocycles. The van der Waals surface area contributed by atoms with Crippen molar-refractivity contribution >= 4 is 5.69 Å². The Hall–Kier alpha value is -1.60. The SMILES string of the molecule is CNCCNc1cnccc1C#N. The Balaban J connectivity index is 2.60. The number of rotatable bonds is 4. The lowest BCUT2D eigenvalue weighted by Crippen LogP contribution is -2.18. The number of hydrogen-bond acceptors (Lipinski definition) is 4. The Morgan fingerprint density at radius 1 is 1.54 bits per heavy atom. The minimum atomic E-state index is 0.631. The largest absolute Gasteiger partial charge is 0.381 e. The van der Waals surface area contributed by atoms with E-state index in [4.69, 9.17) is 5.26 Å². The smallest absolute Gasteiger partial charge is 0.101 e. The summed E-state index contributed by atoms with van der Waals surface area (Å²) in [5.41, 5.74) is 1.42. The third kappa shape index (κ3) is 2.73. The molecule has 0 radical (unpaired) electrons. The summed E-state index contributed by atoms with van der Waals surface area (Å²) in [6, 6.07) is 3.80. The Morgan fingerprint density at radius 3 is 3.08 bits per heavy atom. The van der Waals surface area contributed by atoms with Crippen LogP contribution in [0.4, 0.5) is 5.69 Å². The summed E-state index contributed by atoms with van der Waals surface area (Å²) in [6.45, 7) is 1.65. The average molecular weight is 176 g/mol. The molecule has 4 heteroatoms. The molecular weight excluding hydrogens is 164 g/mol. The standard InChI is InChI=1S/C9H12N4/c1-11-4-5-13-9-7-12-3-2-8(9)6-10/h2-3,7,11,13H,4-5H2,1H3. The van der Waals surface area contributed by atoms with Crippen LogP contribution in [-0.4, -0.2) is 25.1 Å². The molecule has 2 N–H and O–H groups in total. The number of nitrogens with zero attached hydrogens (tertiary/aromatic N) is 2. The summed E-state index contributed by atoms with van der Waals surface area (Å²) in [7, 11) is 1.89. The zero-order chi connectivity index (χ0) is 9.52. The van der Waals surface area contributed by atoms with Crippen LogP contribution in [0.3, 0.4) is 0 Å². The quantitative estimate of drug-likeness (QED) is 0.659. The molecule has 0 aliphatic heterocycles. The highest BCUT2D eigenvalue weighted by Gasteiger charge is 1.98.